The fourth-order valence-electron chi connectivity index (χ4n) is 3.35. The van der Waals surface area contributed by atoms with Gasteiger partial charge in [-0.2, -0.15) is 10.1 Å². The molecular formula is C25H27N5O2S. The van der Waals surface area contributed by atoms with Gasteiger partial charge in [0.1, 0.15) is 5.75 Å². The normalized spacial score (nSPS) is 11.6. The minimum absolute atomic E-state index is 0.339. The molecule has 0 aliphatic carbocycles. The van der Waals surface area contributed by atoms with Crippen LogP contribution in [-0.2, 0) is 5.60 Å². The average Bonchev–Trinajstić information content (AvgIpc) is 3.31. The summed E-state index contributed by atoms with van der Waals surface area (Å²) in [5.41, 5.74) is 2.90. The van der Waals surface area contributed by atoms with Crippen molar-refractivity contribution >= 4 is 17.9 Å². The van der Waals surface area contributed by atoms with E-state index in [1.165, 1.54) is 17.5 Å². The number of hydrogen-bond acceptors (Lipinski definition) is 7. The van der Waals surface area contributed by atoms with Crippen molar-refractivity contribution in [1.82, 2.24) is 20.2 Å². The summed E-state index contributed by atoms with van der Waals surface area (Å²) in [6.07, 6.45) is 3.51. The summed E-state index contributed by atoms with van der Waals surface area (Å²) in [6, 6.07) is 17.4. The van der Waals surface area contributed by atoms with E-state index in [-0.39, 0.29) is 0 Å². The van der Waals surface area contributed by atoms with E-state index in [9.17, 15) is 5.11 Å². The van der Waals surface area contributed by atoms with Crippen molar-refractivity contribution < 1.29 is 9.84 Å². The summed E-state index contributed by atoms with van der Waals surface area (Å²) in [6.45, 7) is 7.83. The standard InChI is InChI=1S/C25H27N5O2S/c1-16(2)20-7-5-6-8-21(20)22-13-23(29-24(28-22)30-33-19-14-26-27-15-19)32-18-11-9-17(10-12-18)25(3,4)31/h5-16,31H,1-4H3,(H,26,27)(H,28,29,30). The molecule has 0 atom stereocenters. The molecule has 4 aromatic rings. The van der Waals surface area contributed by atoms with Gasteiger partial charge in [-0.3, -0.25) is 9.82 Å². The lowest BCUT2D eigenvalue weighted by molar-refractivity contribution is 0.0785. The van der Waals surface area contributed by atoms with Gasteiger partial charge < -0.3 is 9.84 Å². The van der Waals surface area contributed by atoms with E-state index in [2.05, 4.69) is 45.9 Å². The van der Waals surface area contributed by atoms with Gasteiger partial charge in [0.05, 0.1) is 22.4 Å². The smallest absolute Gasteiger partial charge is 0.237 e. The number of anilines is 1. The van der Waals surface area contributed by atoms with E-state index in [0.717, 1.165) is 21.7 Å². The second-order valence-corrected chi connectivity index (χ2v) is 9.36. The fraction of sp³-hybridized carbons (Fsp3) is 0.240. The Morgan fingerprint density at radius 1 is 1.06 bits per heavy atom. The van der Waals surface area contributed by atoms with Gasteiger partial charge in [-0.05, 0) is 55.0 Å². The molecule has 33 heavy (non-hydrogen) atoms. The zero-order valence-corrected chi connectivity index (χ0v) is 19.9. The average molecular weight is 462 g/mol. The topological polar surface area (TPSA) is 96.0 Å². The van der Waals surface area contributed by atoms with Gasteiger partial charge in [-0.15, -0.1) is 0 Å². The second-order valence-electron chi connectivity index (χ2n) is 8.48. The first kappa shape index (κ1) is 22.8. The van der Waals surface area contributed by atoms with E-state index in [0.29, 0.717) is 23.5 Å². The van der Waals surface area contributed by atoms with E-state index in [1.54, 1.807) is 26.2 Å². The molecule has 170 valence electrons. The number of ether oxygens (including phenoxy) is 1. The quantitative estimate of drug-likeness (QED) is 0.272. The van der Waals surface area contributed by atoms with Crippen molar-refractivity contribution in [2.45, 2.75) is 44.1 Å². The van der Waals surface area contributed by atoms with Crippen LogP contribution in [0.3, 0.4) is 0 Å². The molecule has 0 saturated heterocycles. The molecule has 4 rings (SSSR count). The van der Waals surface area contributed by atoms with Gasteiger partial charge in [-0.1, -0.05) is 50.2 Å². The molecule has 8 heteroatoms. The second kappa shape index (κ2) is 9.64. The molecule has 0 aliphatic rings. The molecule has 0 radical (unpaired) electrons. The van der Waals surface area contributed by atoms with Crippen LogP contribution in [0.2, 0.25) is 0 Å². The summed E-state index contributed by atoms with van der Waals surface area (Å²) in [4.78, 5) is 10.2. The highest BCUT2D eigenvalue weighted by Crippen LogP contribution is 2.33. The van der Waals surface area contributed by atoms with Crippen LogP contribution in [0.5, 0.6) is 11.6 Å². The Balaban J connectivity index is 1.68. The maximum absolute atomic E-state index is 10.2. The van der Waals surface area contributed by atoms with Crippen LogP contribution in [0.4, 0.5) is 5.95 Å². The third-order valence-electron chi connectivity index (χ3n) is 5.08. The van der Waals surface area contributed by atoms with Crippen molar-refractivity contribution in [3.05, 3.63) is 78.1 Å². The summed E-state index contributed by atoms with van der Waals surface area (Å²) < 4.78 is 9.27. The van der Waals surface area contributed by atoms with Gasteiger partial charge in [0.15, 0.2) is 0 Å². The molecule has 0 aliphatic heterocycles. The van der Waals surface area contributed by atoms with Crippen LogP contribution in [0.25, 0.3) is 11.3 Å². The van der Waals surface area contributed by atoms with Crippen LogP contribution in [0.1, 0.15) is 44.7 Å². The highest BCUT2D eigenvalue weighted by Gasteiger charge is 2.17. The molecule has 0 amide bonds. The molecule has 2 aromatic heterocycles. The first-order valence-electron chi connectivity index (χ1n) is 10.7. The lowest BCUT2D eigenvalue weighted by atomic mass is 9.95. The van der Waals surface area contributed by atoms with Crippen LogP contribution in [0.15, 0.2) is 71.9 Å². The Labute approximate surface area is 197 Å². The lowest BCUT2D eigenvalue weighted by Crippen LogP contribution is -2.14. The third kappa shape index (κ3) is 5.71. The van der Waals surface area contributed by atoms with Gasteiger partial charge >= 0.3 is 0 Å². The number of aliphatic hydroxyl groups is 1. The Hall–Kier alpha value is -3.36. The number of nitrogens with one attached hydrogen (secondary N) is 2. The first-order chi connectivity index (χ1) is 15.8. The fourth-order valence-corrected chi connectivity index (χ4v) is 3.86. The lowest BCUT2D eigenvalue weighted by Gasteiger charge is -2.18. The van der Waals surface area contributed by atoms with Crippen LogP contribution in [-0.4, -0.2) is 25.3 Å². The minimum Gasteiger partial charge on any atom is -0.439 e. The van der Waals surface area contributed by atoms with Crippen LogP contribution in [0, 0.1) is 0 Å². The van der Waals surface area contributed by atoms with Gasteiger partial charge in [-0.25, -0.2) is 4.98 Å². The number of rotatable bonds is 8. The van der Waals surface area contributed by atoms with Crippen LogP contribution < -0.4 is 9.46 Å². The Morgan fingerprint density at radius 2 is 1.82 bits per heavy atom. The number of H-pyrrole nitrogens is 1. The van der Waals surface area contributed by atoms with Gasteiger partial charge in [0, 0.05) is 17.8 Å². The number of benzene rings is 2. The van der Waals surface area contributed by atoms with Crippen molar-refractivity contribution in [2.75, 3.05) is 4.72 Å². The summed E-state index contributed by atoms with van der Waals surface area (Å²) in [5.74, 6) is 1.81. The predicted octanol–water partition coefficient (Wildman–Crippen LogP) is 6.13. The molecule has 0 fully saturated rings. The molecule has 0 spiro atoms. The molecule has 0 saturated carbocycles. The highest BCUT2D eigenvalue weighted by atomic mass is 32.2. The largest absolute Gasteiger partial charge is 0.439 e. The molecule has 0 unspecified atom stereocenters. The molecule has 2 aromatic carbocycles. The third-order valence-corrected chi connectivity index (χ3v) is 5.82. The number of aromatic amines is 1. The van der Waals surface area contributed by atoms with Crippen molar-refractivity contribution in [3.8, 4) is 22.9 Å². The maximum Gasteiger partial charge on any atom is 0.237 e. The number of aromatic nitrogens is 4. The Bertz CT molecular complexity index is 1200. The zero-order valence-electron chi connectivity index (χ0n) is 19.0. The first-order valence-corrected chi connectivity index (χ1v) is 11.5. The number of nitrogens with zero attached hydrogens (tertiary/aromatic N) is 3. The number of hydrogen-bond donors (Lipinski definition) is 3. The molecule has 0 bridgehead atoms. The van der Waals surface area contributed by atoms with Crippen molar-refractivity contribution in [2.24, 2.45) is 0 Å². The van der Waals surface area contributed by atoms with E-state index in [1.807, 2.05) is 42.5 Å². The molecule has 7 nitrogen and oxygen atoms in total. The van der Waals surface area contributed by atoms with E-state index in [4.69, 9.17) is 9.72 Å². The Morgan fingerprint density at radius 3 is 2.48 bits per heavy atom. The summed E-state index contributed by atoms with van der Waals surface area (Å²) in [5, 5.41) is 16.9. The predicted molar refractivity (Wildman–Crippen MR) is 131 cm³/mol. The Kier molecular flexibility index (Phi) is 6.67. The summed E-state index contributed by atoms with van der Waals surface area (Å²) in [7, 11) is 0. The van der Waals surface area contributed by atoms with Gasteiger partial charge in [0.2, 0.25) is 11.8 Å². The van der Waals surface area contributed by atoms with Gasteiger partial charge in [0.25, 0.3) is 0 Å². The van der Waals surface area contributed by atoms with E-state index >= 15 is 0 Å². The monoisotopic (exact) mass is 461 g/mol. The SMILES string of the molecule is CC(C)c1ccccc1-c1cc(Oc2ccc(C(C)(C)O)cc2)nc(NSc2cn[nH]c2)n1. The zero-order chi connectivity index (χ0) is 23.4. The minimum atomic E-state index is -0.914. The van der Waals surface area contributed by atoms with Crippen molar-refractivity contribution in [1.29, 1.82) is 0 Å². The maximum atomic E-state index is 10.2. The molecular weight excluding hydrogens is 434 g/mol. The molecule has 3 N–H and O–H groups in total. The van der Waals surface area contributed by atoms with Crippen molar-refractivity contribution in [3.63, 3.8) is 0 Å². The van der Waals surface area contributed by atoms with E-state index < -0.39 is 5.60 Å². The molecule has 2 heterocycles. The highest BCUT2D eigenvalue weighted by molar-refractivity contribution is 8.00. The van der Waals surface area contributed by atoms with Crippen LogP contribution >= 0.6 is 11.9 Å². The summed E-state index contributed by atoms with van der Waals surface area (Å²) >= 11 is 1.36.